The number of halogens is 1. The standard InChI is InChI=1S/C22H24FN7O4S/c1-22(11-27-35(2,31)32)12-33-20(34-13-22)19-29-17(14-3-5-15(23)6-4-14)18(30-19)16-7-9-25-21(28-16)26-10-8-24/h3-7,9,20,27H,10-13H2,1-2H3,(H,29,30)(H,25,26,28). The summed E-state index contributed by atoms with van der Waals surface area (Å²) in [4.78, 5) is 16.4. The number of hydrogen-bond acceptors (Lipinski definition) is 9. The number of ether oxygens (including phenoxy) is 2. The summed E-state index contributed by atoms with van der Waals surface area (Å²) in [5, 5.41) is 11.6. The number of aromatic nitrogens is 4. The molecule has 0 bridgehead atoms. The van der Waals surface area contributed by atoms with Gasteiger partial charge in [0.15, 0.2) is 5.82 Å². The van der Waals surface area contributed by atoms with Crippen LogP contribution in [-0.2, 0) is 19.5 Å². The van der Waals surface area contributed by atoms with E-state index in [0.29, 0.717) is 28.5 Å². The molecular weight excluding hydrogens is 477 g/mol. The second-order valence-electron chi connectivity index (χ2n) is 8.49. The van der Waals surface area contributed by atoms with Crippen LogP contribution in [0.3, 0.4) is 0 Å². The van der Waals surface area contributed by atoms with Crippen LogP contribution in [0.5, 0.6) is 0 Å². The summed E-state index contributed by atoms with van der Waals surface area (Å²) in [6.07, 6.45) is 1.82. The van der Waals surface area contributed by atoms with Crippen LogP contribution in [0.4, 0.5) is 10.3 Å². The quantitative estimate of drug-likeness (QED) is 0.394. The van der Waals surface area contributed by atoms with Gasteiger partial charge < -0.3 is 19.8 Å². The van der Waals surface area contributed by atoms with Gasteiger partial charge in [-0.3, -0.25) is 0 Å². The molecule has 1 aromatic carbocycles. The van der Waals surface area contributed by atoms with Gasteiger partial charge in [-0.05, 0) is 30.3 Å². The predicted molar refractivity (Wildman–Crippen MR) is 125 cm³/mol. The van der Waals surface area contributed by atoms with Crippen molar-refractivity contribution in [3.63, 3.8) is 0 Å². The third kappa shape index (κ3) is 6.17. The van der Waals surface area contributed by atoms with Crippen molar-refractivity contribution in [3.8, 4) is 28.7 Å². The van der Waals surface area contributed by atoms with E-state index in [4.69, 9.17) is 14.7 Å². The highest BCUT2D eigenvalue weighted by atomic mass is 32.2. The number of H-pyrrole nitrogens is 1. The lowest BCUT2D eigenvalue weighted by molar-refractivity contribution is -0.231. The van der Waals surface area contributed by atoms with Crippen molar-refractivity contribution in [1.29, 1.82) is 5.26 Å². The fourth-order valence-corrected chi connectivity index (χ4v) is 4.03. The first-order valence-electron chi connectivity index (χ1n) is 10.6. The average Bonchev–Trinajstić information content (AvgIpc) is 3.28. The fraction of sp³-hybridized carbons (Fsp3) is 0.364. The first-order valence-corrected chi connectivity index (χ1v) is 12.5. The number of hydrogen-bond donors (Lipinski definition) is 3. The molecule has 1 aliphatic heterocycles. The third-order valence-electron chi connectivity index (χ3n) is 5.23. The van der Waals surface area contributed by atoms with Gasteiger partial charge in [0, 0.05) is 23.7 Å². The van der Waals surface area contributed by atoms with Crippen LogP contribution < -0.4 is 10.0 Å². The average molecular weight is 502 g/mol. The lowest BCUT2D eigenvalue weighted by atomic mass is 9.92. The van der Waals surface area contributed by atoms with Gasteiger partial charge in [-0.25, -0.2) is 32.5 Å². The molecule has 35 heavy (non-hydrogen) atoms. The summed E-state index contributed by atoms with van der Waals surface area (Å²) < 4.78 is 50.7. The van der Waals surface area contributed by atoms with E-state index < -0.39 is 21.7 Å². The van der Waals surface area contributed by atoms with Gasteiger partial charge in [0.1, 0.15) is 12.4 Å². The van der Waals surface area contributed by atoms with Crippen LogP contribution in [0.15, 0.2) is 36.5 Å². The van der Waals surface area contributed by atoms with Crippen LogP contribution >= 0.6 is 0 Å². The molecule has 13 heteroatoms. The third-order valence-corrected chi connectivity index (χ3v) is 5.90. The van der Waals surface area contributed by atoms with Gasteiger partial charge >= 0.3 is 0 Å². The number of imidazole rings is 1. The molecule has 0 unspecified atom stereocenters. The Balaban J connectivity index is 1.62. The molecule has 3 aromatic rings. The number of rotatable bonds is 8. The molecule has 3 heterocycles. The lowest BCUT2D eigenvalue weighted by Crippen LogP contribution is -2.45. The summed E-state index contributed by atoms with van der Waals surface area (Å²) in [6.45, 7) is 2.53. The fourth-order valence-electron chi connectivity index (χ4n) is 3.42. The molecule has 0 saturated carbocycles. The number of sulfonamides is 1. The maximum Gasteiger partial charge on any atom is 0.224 e. The zero-order valence-corrected chi connectivity index (χ0v) is 19.9. The molecule has 0 amide bonds. The van der Waals surface area contributed by atoms with E-state index in [-0.39, 0.29) is 38.1 Å². The van der Waals surface area contributed by atoms with Crippen molar-refractivity contribution in [2.75, 3.05) is 37.9 Å². The molecule has 4 rings (SSSR count). The van der Waals surface area contributed by atoms with E-state index in [1.54, 1.807) is 24.4 Å². The normalized spacial score (nSPS) is 20.3. The van der Waals surface area contributed by atoms with Gasteiger partial charge in [-0.2, -0.15) is 5.26 Å². The number of nitrogens with one attached hydrogen (secondary N) is 3. The molecule has 184 valence electrons. The molecule has 1 fully saturated rings. The minimum Gasteiger partial charge on any atom is -0.345 e. The van der Waals surface area contributed by atoms with Gasteiger partial charge in [0.25, 0.3) is 0 Å². The smallest absolute Gasteiger partial charge is 0.224 e. The van der Waals surface area contributed by atoms with Crippen LogP contribution in [0.25, 0.3) is 22.6 Å². The van der Waals surface area contributed by atoms with E-state index in [0.717, 1.165) is 6.26 Å². The van der Waals surface area contributed by atoms with E-state index in [1.165, 1.54) is 12.1 Å². The first kappa shape index (κ1) is 24.7. The topological polar surface area (TPSA) is 155 Å². The molecular formula is C22H24FN7O4S. The van der Waals surface area contributed by atoms with E-state index in [1.807, 2.05) is 13.0 Å². The maximum absolute atomic E-state index is 13.5. The zero-order valence-electron chi connectivity index (χ0n) is 19.1. The van der Waals surface area contributed by atoms with E-state index >= 15 is 0 Å². The molecule has 0 aliphatic carbocycles. The maximum atomic E-state index is 13.5. The van der Waals surface area contributed by atoms with Crippen molar-refractivity contribution >= 4 is 16.0 Å². The molecule has 2 aromatic heterocycles. The number of nitrogens with zero attached hydrogens (tertiary/aromatic N) is 4. The number of benzene rings is 1. The SMILES string of the molecule is CC1(CNS(C)(=O)=O)COC(c2nc(-c3ccc(F)cc3)c(-c3ccnc(NCC#N)n3)[nH]2)OC1. The Kier molecular flexibility index (Phi) is 7.08. The van der Waals surface area contributed by atoms with Gasteiger partial charge in [-0.1, -0.05) is 6.92 Å². The highest BCUT2D eigenvalue weighted by Crippen LogP contribution is 2.35. The number of anilines is 1. The van der Waals surface area contributed by atoms with E-state index in [9.17, 15) is 12.8 Å². The minimum atomic E-state index is -3.34. The number of aromatic amines is 1. The van der Waals surface area contributed by atoms with Crippen molar-refractivity contribution in [2.45, 2.75) is 13.2 Å². The van der Waals surface area contributed by atoms with Crippen molar-refractivity contribution in [1.82, 2.24) is 24.7 Å². The Morgan fingerprint density at radius 1 is 1.23 bits per heavy atom. The first-order chi connectivity index (χ1) is 16.7. The van der Waals surface area contributed by atoms with Crippen LogP contribution in [0.1, 0.15) is 19.0 Å². The van der Waals surface area contributed by atoms with Crippen molar-refractivity contribution < 1.29 is 22.3 Å². The molecule has 0 radical (unpaired) electrons. The predicted octanol–water partition coefficient (Wildman–Crippen LogP) is 2.21. The molecule has 1 aliphatic rings. The van der Waals surface area contributed by atoms with Crippen LogP contribution in [0.2, 0.25) is 0 Å². The molecule has 0 atom stereocenters. The largest absolute Gasteiger partial charge is 0.345 e. The highest BCUT2D eigenvalue weighted by Gasteiger charge is 2.35. The Morgan fingerprint density at radius 2 is 1.94 bits per heavy atom. The zero-order chi connectivity index (χ0) is 25.1. The summed E-state index contributed by atoms with van der Waals surface area (Å²) in [5.41, 5.74) is 1.63. The van der Waals surface area contributed by atoms with Gasteiger partial charge in [0.05, 0.1) is 42.6 Å². The lowest BCUT2D eigenvalue weighted by Gasteiger charge is -2.36. The molecule has 11 nitrogen and oxygen atoms in total. The van der Waals surface area contributed by atoms with Gasteiger partial charge in [-0.15, -0.1) is 0 Å². The summed E-state index contributed by atoms with van der Waals surface area (Å²) >= 11 is 0. The number of nitriles is 1. The second-order valence-corrected chi connectivity index (χ2v) is 10.3. The minimum absolute atomic E-state index is 0.0409. The second kappa shape index (κ2) is 10.0. The summed E-state index contributed by atoms with van der Waals surface area (Å²) in [6, 6.07) is 9.52. The summed E-state index contributed by atoms with van der Waals surface area (Å²) in [5.74, 6) is 0.268. The molecule has 0 spiro atoms. The Labute approximate surface area is 201 Å². The van der Waals surface area contributed by atoms with Crippen LogP contribution in [0, 0.1) is 22.6 Å². The highest BCUT2D eigenvalue weighted by molar-refractivity contribution is 7.88. The van der Waals surface area contributed by atoms with Crippen LogP contribution in [-0.4, -0.2) is 60.9 Å². The van der Waals surface area contributed by atoms with Gasteiger partial charge in [0.2, 0.25) is 22.3 Å². The Bertz CT molecular complexity index is 1330. The molecule has 3 N–H and O–H groups in total. The Hall–Kier alpha value is -3.44. The molecule has 1 saturated heterocycles. The van der Waals surface area contributed by atoms with Crippen molar-refractivity contribution in [3.05, 3.63) is 48.2 Å². The van der Waals surface area contributed by atoms with Crippen molar-refractivity contribution in [2.24, 2.45) is 5.41 Å². The monoisotopic (exact) mass is 501 g/mol. The van der Waals surface area contributed by atoms with E-state index in [2.05, 4.69) is 30.0 Å². The summed E-state index contributed by atoms with van der Waals surface area (Å²) in [7, 11) is -3.34. The Morgan fingerprint density at radius 3 is 2.60 bits per heavy atom.